The van der Waals surface area contributed by atoms with E-state index in [4.69, 9.17) is 0 Å². The minimum atomic E-state index is -0.167. The molecule has 0 bridgehead atoms. The monoisotopic (exact) mass is 1450 g/mol. The van der Waals surface area contributed by atoms with Crippen LogP contribution in [0.15, 0.2) is 273 Å². The highest BCUT2D eigenvalue weighted by Gasteiger charge is 2.40. The van der Waals surface area contributed by atoms with E-state index in [1.54, 1.807) is 0 Å². The van der Waals surface area contributed by atoms with E-state index in [9.17, 15) is 0 Å². The first kappa shape index (κ1) is 70.1. The van der Waals surface area contributed by atoms with E-state index >= 15 is 0 Å². The molecule has 0 saturated heterocycles. The number of unbranched alkanes of at least 4 members (excludes halogenated alkanes) is 9. The molecule has 111 heavy (non-hydrogen) atoms. The maximum atomic E-state index is 2.84. The lowest BCUT2D eigenvalue weighted by atomic mass is 9.82. The van der Waals surface area contributed by atoms with Crippen LogP contribution in [0, 0.1) is 0 Å². The van der Waals surface area contributed by atoms with E-state index in [0.717, 1.165) is 109 Å². The Kier molecular flexibility index (Phi) is 17.6. The molecule has 19 rings (SSSR count). The van der Waals surface area contributed by atoms with E-state index in [1.807, 2.05) is 0 Å². The molecule has 0 amide bonds. The summed E-state index contributed by atoms with van der Waals surface area (Å²) in [6.45, 7) is 24.2. The zero-order valence-corrected chi connectivity index (χ0v) is 66.3. The molecule has 0 spiro atoms. The fraction of sp³-hybridized carbons (Fsp3) is 0.257. The third kappa shape index (κ3) is 11.3. The Hall–Kier alpha value is -11.3. The Labute approximate surface area is 655 Å². The van der Waals surface area contributed by atoms with E-state index in [-0.39, 0.29) is 16.2 Å². The maximum Gasteiger partial charge on any atom is 0.0614 e. The second-order valence-electron chi connectivity index (χ2n) is 33.6. The van der Waals surface area contributed by atoms with Crippen LogP contribution in [0.2, 0.25) is 0 Å². The van der Waals surface area contributed by atoms with Crippen LogP contribution in [0.4, 0.5) is 51.2 Å². The van der Waals surface area contributed by atoms with E-state index in [2.05, 4.69) is 364 Å². The van der Waals surface area contributed by atoms with Gasteiger partial charge < -0.3 is 28.4 Å². The summed E-state index contributed by atoms with van der Waals surface area (Å²) in [6.07, 6.45) is 13.8. The fourth-order valence-corrected chi connectivity index (χ4v) is 20.3. The van der Waals surface area contributed by atoms with Gasteiger partial charge in [0.2, 0.25) is 0 Å². The molecule has 3 aliphatic carbocycles. The van der Waals surface area contributed by atoms with Crippen molar-refractivity contribution >= 4 is 117 Å². The van der Waals surface area contributed by atoms with Gasteiger partial charge in [0.1, 0.15) is 0 Å². The van der Waals surface area contributed by atoms with Crippen molar-refractivity contribution in [3.8, 4) is 33.4 Å². The minimum absolute atomic E-state index is 0.167. The van der Waals surface area contributed by atoms with Crippen molar-refractivity contribution in [1.82, 2.24) is 13.7 Å². The Morgan fingerprint density at radius 2 is 0.468 bits per heavy atom. The molecule has 6 heteroatoms. The fourth-order valence-electron chi connectivity index (χ4n) is 20.3. The van der Waals surface area contributed by atoms with Gasteiger partial charge in [0.15, 0.2) is 0 Å². The van der Waals surface area contributed by atoms with Gasteiger partial charge in [0.25, 0.3) is 0 Å². The molecular formula is C105H102N6. The Bertz CT molecular complexity index is 5640. The number of rotatable bonds is 24. The second-order valence-corrected chi connectivity index (χ2v) is 33.6. The molecule has 0 fully saturated rings. The summed E-state index contributed by atoms with van der Waals surface area (Å²) in [6, 6.07) is 105. The molecule has 13 aromatic carbocycles. The van der Waals surface area contributed by atoms with Crippen molar-refractivity contribution in [2.45, 2.75) is 175 Å². The Morgan fingerprint density at radius 3 is 0.748 bits per heavy atom. The molecule has 0 atom stereocenters. The van der Waals surface area contributed by atoms with Crippen molar-refractivity contribution in [2.75, 3.05) is 14.7 Å². The first-order chi connectivity index (χ1) is 54.3. The summed E-state index contributed by atoms with van der Waals surface area (Å²) in [5, 5.41) is 7.97. The number of hydrogen-bond acceptors (Lipinski definition) is 3. The molecule has 3 aliphatic rings. The quantitative estimate of drug-likeness (QED) is 0.0564. The number of benzene rings is 13. The van der Waals surface area contributed by atoms with Gasteiger partial charge in [0.05, 0.1) is 33.1 Å². The lowest BCUT2D eigenvalue weighted by Crippen LogP contribution is -2.16. The minimum Gasteiger partial charge on any atom is -0.340 e. The topological polar surface area (TPSA) is 24.5 Å². The lowest BCUT2D eigenvalue weighted by Gasteiger charge is -2.28. The Morgan fingerprint density at radius 1 is 0.225 bits per heavy atom. The molecular weight excluding hydrogens is 1350 g/mol. The van der Waals surface area contributed by atoms with E-state index in [1.165, 1.54) is 171 Å². The second kappa shape index (κ2) is 27.9. The predicted molar refractivity (Wildman–Crippen MR) is 475 cm³/mol. The molecule has 3 heterocycles. The molecule has 0 radical (unpaired) electrons. The Balaban J connectivity index is 0.919. The maximum absolute atomic E-state index is 2.84. The number of aromatic nitrogens is 3. The highest BCUT2D eigenvalue weighted by Crippen LogP contribution is 2.57. The summed E-state index contributed by atoms with van der Waals surface area (Å²) >= 11 is 0. The third-order valence-electron chi connectivity index (χ3n) is 25.9. The summed E-state index contributed by atoms with van der Waals surface area (Å²) in [5.74, 6) is 0. The van der Waals surface area contributed by atoms with Crippen molar-refractivity contribution in [3.63, 3.8) is 0 Å². The van der Waals surface area contributed by atoms with Gasteiger partial charge in [-0.3, -0.25) is 0 Å². The van der Waals surface area contributed by atoms with Crippen LogP contribution < -0.4 is 14.7 Å². The van der Waals surface area contributed by atoms with Crippen LogP contribution in [0.25, 0.3) is 98.8 Å². The lowest BCUT2D eigenvalue weighted by molar-refractivity contribution is 0.600. The summed E-state index contributed by atoms with van der Waals surface area (Å²) < 4.78 is 8.51. The smallest absolute Gasteiger partial charge is 0.0614 e. The number of fused-ring (bicyclic) bond motifs is 21. The van der Waals surface area contributed by atoms with Gasteiger partial charge in [-0.1, -0.05) is 284 Å². The number of para-hydroxylation sites is 3. The van der Waals surface area contributed by atoms with Crippen LogP contribution >= 0.6 is 0 Å². The molecule has 3 aromatic heterocycles. The van der Waals surface area contributed by atoms with Crippen molar-refractivity contribution in [1.29, 1.82) is 0 Å². The van der Waals surface area contributed by atoms with Gasteiger partial charge in [-0.25, -0.2) is 0 Å². The normalized spacial score (nSPS) is 14.0. The van der Waals surface area contributed by atoms with E-state index < -0.39 is 0 Å². The van der Waals surface area contributed by atoms with Crippen LogP contribution in [0.1, 0.15) is 173 Å². The SMILES string of the molecule is CCCCCCn1c2cc(N(c3ccccc3)c3ccc4c(c3)C(C)(C)c3ccccc3-4)ccc2c2c1c1c3ccc(N(c4ccccc4)c4ccc5c(c4)C(C)(C)c4ccccc4-5)cc3n(CCCCCC)c1c1c3ccc(N(c4ccccc4)c4ccc5c(c4)C(C)(C)c4ccccc4-5)cc3n(CCCCCC)c21. The van der Waals surface area contributed by atoms with Crippen molar-refractivity contribution in [3.05, 3.63) is 306 Å². The first-order valence-corrected chi connectivity index (χ1v) is 41.6. The first-order valence-electron chi connectivity index (χ1n) is 41.6. The van der Waals surface area contributed by atoms with Crippen LogP contribution in [0.3, 0.4) is 0 Å². The predicted octanol–water partition coefficient (Wildman–Crippen LogP) is 30.1. The zero-order chi connectivity index (χ0) is 75.4. The largest absolute Gasteiger partial charge is 0.340 e. The van der Waals surface area contributed by atoms with Crippen molar-refractivity contribution < 1.29 is 0 Å². The van der Waals surface area contributed by atoms with Crippen LogP contribution in [-0.4, -0.2) is 13.7 Å². The van der Waals surface area contributed by atoms with Gasteiger partial charge in [-0.2, -0.15) is 0 Å². The average molecular weight is 1450 g/mol. The van der Waals surface area contributed by atoms with Crippen molar-refractivity contribution in [2.24, 2.45) is 0 Å². The number of aryl methyl sites for hydroxylation is 3. The summed E-state index contributed by atoms with van der Waals surface area (Å²) in [5.41, 5.74) is 34.0. The van der Waals surface area contributed by atoms with Gasteiger partial charge in [-0.05, 0) is 195 Å². The number of hydrogen-bond donors (Lipinski definition) is 0. The molecule has 16 aromatic rings. The molecule has 0 aliphatic heterocycles. The van der Waals surface area contributed by atoms with E-state index in [0.29, 0.717) is 0 Å². The summed E-state index contributed by atoms with van der Waals surface area (Å²) in [4.78, 5) is 7.62. The average Bonchev–Trinajstić information content (AvgIpc) is 1.51. The number of anilines is 9. The summed E-state index contributed by atoms with van der Waals surface area (Å²) in [7, 11) is 0. The van der Waals surface area contributed by atoms with Gasteiger partial charge in [0, 0.05) is 119 Å². The molecule has 0 N–H and O–H groups in total. The molecule has 552 valence electrons. The highest BCUT2D eigenvalue weighted by atomic mass is 15.2. The van der Waals surface area contributed by atoms with Gasteiger partial charge >= 0.3 is 0 Å². The molecule has 0 unspecified atom stereocenters. The number of nitrogens with zero attached hydrogens (tertiary/aromatic N) is 6. The zero-order valence-electron chi connectivity index (χ0n) is 66.3. The van der Waals surface area contributed by atoms with Crippen LogP contribution in [-0.2, 0) is 35.9 Å². The third-order valence-corrected chi connectivity index (χ3v) is 25.9. The molecule has 6 nitrogen and oxygen atoms in total. The van der Waals surface area contributed by atoms with Crippen LogP contribution in [0.5, 0.6) is 0 Å². The molecule has 0 saturated carbocycles. The highest BCUT2D eigenvalue weighted by molar-refractivity contribution is 6.40. The standard InChI is InChI=1S/C105H102N6/c1-10-13-16-34-61-106-94-67-76(109(70-37-22-19-23-38-70)73-49-55-82-79-43-28-31-46-88(79)103(4,5)91(82)64-73)52-58-85(94)97-100(106)98-86-59-53-77(110(71-39-24-20-25-40-71)74-50-56-83-80-44-29-32-47-89(80)104(6,7)92(83)65-74)68-95(86)107(62-35-17-14-11-2)102(98)99-87-60-54-78(69-96(87)108(101(97)99)63-36-18-15-12-3)111(72-41-26-21-27-42-72)75-51-57-84-81-45-30-33-48-90(81)105(8,9)93(84)66-75/h19-33,37-60,64-69H,10-18,34-36,61-63H2,1-9H3. The van der Waals surface area contributed by atoms with Gasteiger partial charge in [-0.15, -0.1) is 0 Å².